The van der Waals surface area contributed by atoms with Crippen LogP contribution in [0.2, 0.25) is 5.02 Å². The number of carboxylic acid groups (broad SMARTS) is 1. The second kappa shape index (κ2) is 5.16. The predicted molar refractivity (Wildman–Crippen MR) is 71.3 cm³/mol. The molecule has 0 atom stereocenters. The van der Waals surface area contributed by atoms with E-state index in [2.05, 4.69) is 9.97 Å². The molecule has 7 heteroatoms. The molecule has 0 amide bonds. The summed E-state index contributed by atoms with van der Waals surface area (Å²) in [4.78, 5) is 19.3. The number of carboxylic acids is 1. The van der Waals surface area contributed by atoms with Crippen LogP contribution < -0.4 is 0 Å². The molecule has 2 rings (SSSR count). The summed E-state index contributed by atoms with van der Waals surface area (Å²) >= 11 is 7.06. The molecular weight excluding hydrogens is 274 g/mol. The van der Waals surface area contributed by atoms with Crippen molar-refractivity contribution in [3.05, 3.63) is 17.3 Å². The van der Waals surface area contributed by atoms with Crippen molar-refractivity contribution in [2.75, 3.05) is 5.75 Å². The summed E-state index contributed by atoms with van der Waals surface area (Å²) in [6.07, 6.45) is 1.57. The Morgan fingerprint density at radius 2 is 2.33 bits per heavy atom. The van der Waals surface area contributed by atoms with E-state index < -0.39 is 5.97 Å². The summed E-state index contributed by atoms with van der Waals surface area (Å²) < 4.78 is 1.92. The minimum absolute atomic E-state index is 0.0240. The maximum Gasteiger partial charge on any atom is 0.313 e. The fraction of sp³-hybridized carbons (Fsp3) is 0.364. The van der Waals surface area contributed by atoms with Gasteiger partial charge in [0.1, 0.15) is 5.52 Å². The monoisotopic (exact) mass is 285 g/mol. The molecule has 0 aliphatic rings. The number of aromatic nitrogens is 3. The molecule has 0 aromatic carbocycles. The number of rotatable bonds is 4. The zero-order valence-electron chi connectivity index (χ0n) is 9.92. The Kier molecular flexibility index (Phi) is 3.77. The van der Waals surface area contributed by atoms with Crippen LogP contribution in [0.3, 0.4) is 0 Å². The molecule has 0 fully saturated rings. The summed E-state index contributed by atoms with van der Waals surface area (Å²) in [7, 11) is 0. The molecule has 0 saturated carbocycles. The Balaban J connectivity index is 2.50. The van der Waals surface area contributed by atoms with E-state index in [1.807, 2.05) is 18.4 Å². The van der Waals surface area contributed by atoms with Crippen LogP contribution >= 0.6 is 23.4 Å². The van der Waals surface area contributed by atoms with Crippen LogP contribution in [0.1, 0.15) is 19.9 Å². The Labute approximate surface area is 113 Å². The van der Waals surface area contributed by atoms with Gasteiger partial charge in [0.05, 0.1) is 10.8 Å². The lowest BCUT2D eigenvalue weighted by molar-refractivity contribution is -0.133. The first-order valence-corrected chi connectivity index (χ1v) is 6.73. The highest BCUT2D eigenvalue weighted by atomic mass is 35.5. The normalized spacial score (nSPS) is 11.3. The van der Waals surface area contributed by atoms with Crippen LogP contribution in [0.15, 0.2) is 17.4 Å². The summed E-state index contributed by atoms with van der Waals surface area (Å²) in [6.45, 7) is 4.00. The van der Waals surface area contributed by atoms with Gasteiger partial charge in [0.25, 0.3) is 0 Å². The van der Waals surface area contributed by atoms with Gasteiger partial charge in [-0.15, -0.1) is 0 Å². The first kappa shape index (κ1) is 13.2. The lowest BCUT2D eigenvalue weighted by Crippen LogP contribution is -2.05. The number of thioether (sulfide) groups is 1. The fourth-order valence-corrected chi connectivity index (χ4v) is 2.63. The topological polar surface area (TPSA) is 68.0 Å². The Hall–Kier alpha value is -1.27. The van der Waals surface area contributed by atoms with Crippen molar-refractivity contribution in [1.82, 2.24) is 14.5 Å². The molecule has 2 aromatic rings. The minimum atomic E-state index is -0.867. The molecule has 0 aliphatic heterocycles. The molecule has 0 saturated heterocycles. The number of hydrogen-bond donors (Lipinski definition) is 1. The third-order valence-electron chi connectivity index (χ3n) is 2.31. The predicted octanol–water partition coefficient (Wildman–Crippen LogP) is 2.84. The highest BCUT2D eigenvalue weighted by molar-refractivity contribution is 7.99. The van der Waals surface area contributed by atoms with Crippen molar-refractivity contribution in [3.8, 4) is 0 Å². The van der Waals surface area contributed by atoms with Crippen molar-refractivity contribution in [2.24, 2.45) is 0 Å². The van der Waals surface area contributed by atoms with Gasteiger partial charge in [-0.2, -0.15) is 0 Å². The van der Waals surface area contributed by atoms with E-state index in [0.29, 0.717) is 15.7 Å². The third kappa shape index (κ3) is 2.59. The first-order valence-electron chi connectivity index (χ1n) is 5.37. The van der Waals surface area contributed by atoms with Crippen LogP contribution in [-0.2, 0) is 4.79 Å². The van der Waals surface area contributed by atoms with Crippen LogP contribution in [0.4, 0.5) is 0 Å². The molecule has 2 heterocycles. The molecule has 2 aromatic heterocycles. The average molecular weight is 286 g/mol. The number of pyridine rings is 1. The van der Waals surface area contributed by atoms with Crippen LogP contribution in [0.5, 0.6) is 0 Å². The van der Waals surface area contributed by atoms with Crippen LogP contribution in [-0.4, -0.2) is 31.4 Å². The van der Waals surface area contributed by atoms with Crippen molar-refractivity contribution >= 4 is 40.5 Å². The van der Waals surface area contributed by atoms with Crippen LogP contribution in [0.25, 0.3) is 11.2 Å². The zero-order valence-corrected chi connectivity index (χ0v) is 11.5. The molecule has 0 radical (unpaired) electrons. The number of imidazole rings is 1. The third-order valence-corrected chi connectivity index (χ3v) is 3.45. The van der Waals surface area contributed by atoms with Crippen molar-refractivity contribution in [2.45, 2.75) is 25.0 Å². The highest BCUT2D eigenvalue weighted by Crippen LogP contribution is 2.27. The molecule has 96 valence electrons. The maximum absolute atomic E-state index is 10.6. The number of fused-ring (bicyclic) bond motifs is 1. The van der Waals surface area contributed by atoms with Gasteiger partial charge >= 0.3 is 5.97 Å². The summed E-state index contributed by atoms with van der Waals surface area (Å²) in [5, 5.41) is 9.90. The van der Waals surface area contributed by atoms with Gasteiger partial charge in [0.15, 0.2) is 10.8 Å². The molecule has 18 heavy (non-hydrogen) atoms. The van der Waals surface area contributed by atoms with Gasteiger partial charge in [0, 0.05) is 12.2 Å². The Morgan fingerprint density at radius 3 is 2.94 bits per heavy atom. The van der Waals surface area contributed by atoms with E-state index in [1.165, 1.54) is 11.8 Å². The van der Waals surface area contributed by atoms with Gasteiger partial charge in [-0.1, -0.05) is 23.4 Å². The van der Waals surface area contributed by atoms with Gasteiger partial charge in [-0.3, -0.25) is 4.79 Å². The van der Waals surface area contributed by atoms with Crippen molar-refractivity contribution in [3.63, 3.8) is 0 Å². The average Bonchev–Trinajstić information content (AvgIpc) is 2.63. The summed E-state index contributed by atoms with van der Waals surface area (Å²) in [6, 6.07) is 1.88. The second-order valence-corrected chi connectivity index (χ2v) is 5.42. The van der Waals surface area contributed by atoms with Crippen molar-refractivity contribution < 1.29 is 9.90 Å². The highest BCUT2D eigenvalue weighted by Gasteiger charge is 2.16. The number of carbonyl (C=O) groups is 1. The first-order chi connectivity index (χ1) is 8.49. The largest absolute Gasteiger partial charge is 0.481 e. The molecule has 0 aliphatic carbocycles. The number of halogens is 1. The standard InChI is InChI=1S/C11H12ClN3O2S/c1-6(2)15-10-8(3-7(12)4-13-10)14-11(15)18-5-9(16)17/h3-4,6H,5H2,1-2H3,(H,16,17). The lowest BCUT2D eigenvalue weighted by Gasteiger charge is -2.10. The Bertz CT molecular complexity index is 597. The van der Waals surface area contributed by atoms with E-state index >= 15 is 0 Å². The lowest BCUT2D eigenvalue weighted by atomic mass is 10.4. The van der Waals surface area contributed by atoms with E-state index in [0.717, 1.165) is 5.65 Å². The fourth-order valence-electron chi connectivity index (χ4n) is 1.63. The summed E-state index contributed by atoms with van der Waals surface area (Å²) in [5.41, 5.74) is 1.41. The smallest absolute Gasteiger partial charge is 0.313 e. The molecule has 5 nitrogen and oxygen atoms in total. The molecule has 0 bridgehead atoms. The number of nitrogens with zero attached hydrogens (tertiary/aromatic N) is 3. The van der Waals surface area contributed by atoms with E-state index in [1.54, 1.807) is 12.3 Å². The van der Waals surface area contributed by atoms with Gasteiger partial charge in [-0.05, 0) is 19.9 Å². The maximum atomic E-state index is 10.6. The molecule has 0 unspecified atom stereocenters. The van der Waals surface area contributed by atoms with E-state index in [9.17, 15) is 4.79 Å². The van der Waals surface area contributed by atoms with E-state index in [-0.39, 0.29) is 11.8 Å². The quantitative estimate of drug-likeness (QED) is 0.875. The number of aliphatic carboxylic acids is 1. The second-order valence-electron chi connectivity index (χ2n) is 4.04. The van der Waals surface area contributed by atoms with Crippen molar-refractivity contribution in [1.29, 1.82) is 0 Å². The number of hydrogen-bond acceptors (Lipinski definition) is 4. The minimum Gasteiger partial charge on any atom is -0.481 e. The molecular formula is C11H12ClN3O2S. The Morgan fingerprint density at radius 1 is 1.61 bits per heavy atom. The van der Waals surface area contributed by atoms with E-state index in [4.69, 9.17) is 16.7 Å². The van der Waals surface area contributed by atoms with Gasteiger partial charge < -0.3 is 9.67 Å². The van der Waals surface area contributed by atoms with Gasteiger partial charge in [0.2, 0.25) is 0 Å². The zero-order chi connectivity index (χ0) is 13.3. The molecule has 0 spiro atoms. The van der Waals surface area contributed by atoms with Crippen LogP contribution in [0, 0.1) is 0 Å². The summed E-state index contributed by atoms with van der Waals surface area (Å²) in [5.74, 6) is -0.891. The van der Waals surface area contributed by atoms with Gasteiger partial charge in [-0.25, -0.2) is 9.97 Å². The SMILES string of the molecule is CC(C)n1c(SCC(=O)O)nc2cc(Cl)cnc21. The molecule has 1 N–H and O–H groups in total.